The first-order valence-electron chi connectivity index (χ1n) is 8.59. The number of benzene rings is 3. The monoisotopic (exact) mass is 331 g/mol. The van der Waals surface area contributed by atoms with Gasteiger partial charge in [0.1, 0.15) is 0 Å². The summed E-state index contributed by atoms with van der Waals surface area (Å²) in [4.78, 5) is 4.98. The molecule has 3 aromatic carbocycles. The molecular formula is C22H21NS. The quantitative estimate of drug-likeness (QED) is 0.445. The number of H-pyrrole nitrogens is 1. The molecule has 1 N–H and O–H groups in total. The maximum Gasteiger partial charge on any atom is 0.0813 e. The molecule has 4 aromatic rings. The molecule has 24 heavy (non-hydrogen) atoms. The van der Waals surface area contributed by atoms with E-state index in [-0.39, 0.29) is 0 Å². The second kappa shape index (κ2) is 6.37. The van der Waals surface area contributed by atoms with Gasteiger partial charge >= 0.3 is 0 Å². The predicted molar refractivity (Wildman–Crippen MR) is 105 cm³/mol. The third-order valence-electron chi connectivity index (χ3n) is 4.67. The minimum atomic E-state index is 1.05. The van der Waals surface area contributed by atoms with Crippen LogP contribution in [0, 0.1) is 0 Å². The summed E-state index contributed by atoms with van der Waals surface area (Å²) < 4.78 is 0. The molecule has 1 nitrogen and oxygen atoms in total. The van der Waals surface area contributed by atoms with Crippen molar-refractivity contribution in [3.05, 3.63) is 71.8 Å². The fourth-order valence-electron chi connectivity index (χ4n) is 3.49. The van der Waals surface area contributed by atoms with Crippen molar-refractivity contribution in [1.29, 1.82) is 0 Å². The molecule has 2 heteroatoms. The molecule has 0 aliphatic carbocycles. The first-order chi connectivity index (χ1) is 11.8. The van der Waals surface area contributed by atoms with Gasteiger partial charge in [0.25, 0.3) is 0 Å². The van der Waals surface area contributed by atoms with Crippen LogP contribution in [0.2, 0.25) is 0 Å². The van der Waals surface area contributed by atoms with Crippen molar-refractivity contribution < 1.29 is 0 Å². The molecule has 0 saturated carbocycles. The summed E-state index contributed by atoms with van der Waals surface area (Å²) in [6.45, 7) is 4.49. The Morgan fingerprint density at radius 3 is 2.46 bits per heavy atom. The van der Waals surface area contributed by atoms with Gasteiger partial charge in [-0.2, -0.15) is 0 Å². The van der Waals surface area contributed by atoms with E-state index >= 15 is 0 Å². The lowest BCUT2D eigenvalue weighted by Gasteiger charge is -2.07. The lowest BCUT2D eigenvalue weighted by atomic mass is 10.0. The number of rotatable bonds is 4. The number of hydrogen-bond donors (Lipinski definition) is 1. The Balaban J connectivity index is 1.88. The van der Waals surface area contributed by atoms with Gasteiger partial charge in [-0.05, 0) is 46.9 Å². The Hall–Kier alpha value is -2.19. The molecule has 0 spiro atoms. The van der Waals surface area contributed by atoms with Crippen LogP contribution in [0.25, 0.3) is 21.7 Å². The van der Waals surface area contributed by atoms with Gasteiger partial charge in [-0.3, -0.25) is 0 Å². The van der Waals surface area contributed by atoms with E-state index in [0.29, 0.717) is 0 Å². The molecule has 0 aliphatic heterocycles. The number of nitrogens with one attached hydrogen (secondary N) is 1. The van der Waals surface area contributed by atoms with Crippen molar-refractivity contribution >= 4 is 33.4 Å². The van der Waals surface area contributed by atoms with Crippen LogP contribution in [0.3, 0.4) is 0 Å². The Morgan fingerprint density at radius 1 is 0.833 bits per heavy atom. The lowest BCUT2D eigenvalue weighted by Crippen LogP contribution is -1.86. The highest BCUT2D eigenvalue weighted by molar-refractivity contribution is 7.99. The smallest absolute Gasteiger partial charge is 0.0813 e. The number of hydrogen-bond acceptors (Lipinski definition) is 1. The molecule has 4 rings (SSSR count). The summed E-state index contributed by atoms with van der Waals surface area (Å²) in [6, 6.07) is 21.8. The summed E-state index contributed by atoms with van der Waals surface area (Å²) in [6.07, 6.45) is 2.12. The third kappa shape index (κ3) is 2.51. The zero-order valence-electron chi connectivity index (χ0n) is 14.1. The molecular weight excluding hydrogens is 310 g/mol. The Bertz CT molecular complexity index is 1010. The van der Waals surface area contributed by atoms with E-state index in [2.05, 4.69) is 79.5 Å². The van der Waals surface area contributed by atoms with Crippen LogP contribution < -0.4 is 0 Å². The van der Waals surface area contributed by atoms with Crippen LogP contribution in [-0.4, -0.2) is 4.98 Å². The van der Waals surface area contributed by atoms with Crippen molar-refractivity contribution in [2.24, 2.45) is 0 Å². The van der Waals surface area contributed by atoms with Crippen molar-refractivity contribution in [1.82, 2.24) is 4.98 Å². The van der Waals surface area contributed by atoms with E-state index in [0.717, 1.165) is 12.8 Å². The first-order valence-corrected chi connectivity index (χ1v) is 9.41. The third-order valence-corrected chi connectivity index (χ3v) is 5.80. The molecule has 0 radical (unpaired) electrons. The van der Waals surface area contributed by atoms with Gasteiger partial charge in [0.05, 0.1) is 5.03 Å². The summed E-state index contributed by atoms with van der Waals surface area (Å²) in [5.74, 6) is 0. The Kier molecular flexibility index (Phi) is 4.07. The fourth-order valence-corrected chi connectivity index (χ4v) is 4.68. The highest BCUT2D eigenvalue weighted by Gasteiger charge is 2.14. The molecule has 0 saturated heterocycles. The van der Waals surface area contributed by atoms with Crippen LogP contribution in [0.5, 0.6) is 0 Å². The van der Waals surface area contributed by atoms with Crippen molar-refractivity contribution in [3.63, 3.8) is 0 Å². The zero-order valence-corrected chi connectivity index (χ0v) is 14.9. The van der Waals surface area contributed by atoms with Gasteiger partial charge in [-0.1, -0.05) is 74.1 Å². The second-order valence-corrected chi connectivity index (χ2v) is 7.11. The predicted octanol–water partition coefficient (Wildman–Crippen LogP) is 6.60. The minimum Gasteiger partial charge on any atom is -0.349 e. The summed E-state index contributed by atoms with van der Waals surface area (Å²) in [7, 11) is 0. The highest BCUT2D eigenvalue weighted by atomic mass is 32.2. The van der Waals surface area contributed by atoms with Gasteiger partial charge in [-0.25, -0.2) is 0 Å². The van der Waals surface area contributed by atoms with Gasteiger partial charge in [0, 0.05) is 15.8 Å². The molecule has 0 unspecified atom stereocenters. The van der Waals surface area contributed by atoms with E-state index in [1.165, 1.54) is 42.7 Å². The van der Waals surface area contributed by atoms with E-state index in [9.17, 15) is 0 Å². The average molecular weight is 331 g/mol. The molecule has 0 aliphatic rings. The normalized spacial score (nSPS) is 11.4. The van der Waals surface area contributed by atoms with E-state index in [4.69, 9.17) is 0 Å². The van der Waals surface area contributed by atoms with Crippen LogP contribution in [0.15, 0.2) is 70.6 Å². The van der Waals surface area contributed by atoms with E-state index in [1.807, 2.05) is 11.8 Å². The van der Waals surface area contributed by atoms with E-state index in [1.54, 1.807) is 0 Å². The SMILES string of the molecule is CCc1cccc2[nH]c(Sc3cccc4ccccc34)c(CC)c12. The highest BCUT2D eigenvalue weighted by Crippen LogP contribution is 2.38. The van der Waals surface area contributed by atoms with Gasteiger partial charge < -0.3 is 4.98 Å². The second-order valence-electron chi connectivity index (χ2n) is 6.06. The molecule has 0 fully saturated rings. The summed E-state index contributed by atoms with van der Waals surface area (Å²) >= 11 is 1.86. The van der Waals surface area contributed by atoms with E-state index < -0.39 is 0 Å². The molecule has 120 valence electrons. The molecule has 0 bridgehead atoms. The maximum atomic E-state index is 3.67. The molecule has 0 atom stereocenters. The minimum absolute atomic E-state index is 1.05. The maximum absolute atomic E-state index is 3.67. The Morgan fingerprint density at radius 2 is 1.62 bits per heavy atom. The fraction of sp³-hybridized carbons (Fsp3) is 0.182. The standard InChI is InChI=1S/C22H21NS/c1-3-15-10-7-13-19-21(15)17(4-2)22(23-19)24-20-14-8-11-16-9-5-6-12-18(16)20/h5-14,23H,3-4H2,1-2H3. The largest absolute Gasteiger partial charge is 0.349 e. The van der Waals surface area contributed by atoms with Gasteiger partial charge in [-0.15, -0.1) is 0 Å². The first kappa shape index (κ1) is 15.3. The number of aryl methyl sites for hydroxylation is 2. The number of fused-ring (bicyclic) bond motifs is 2. The lowest BCUT2D eigenvalue weighted by molar-refractivity contribution is 1.06. The van der Waals surface area contributed by atoms with Crippen LogP contribution >= 0.6 is 11.8 Å². The number of aromatic amines is 1. The molecule has 1 heterocycles. The topological polar surface area (TPSA) is 15.8 Å². The van der Waals surface area contributed by atoms with Crippen molar-refractivity contribution in [3.8, 4) is 0 Å². The summed E-state index contributed by atoms with van der Waals surface area (Å²) in [5, 5.41) is 5.32. The van der Waals surface area contributed by atoms with Crippen LogP contribution in [0.4, 0.5) is 0 Å². The van der Waals surface area contributed by atoms with Crippen LogP contribution in [-0.2, 0) is 12.8 Å². The van der Waals surface area contributed by atoms with Crippen molar-refractivity contribution in [2.45, 2.75) is 36.6 Å². The van der Waals surface area contributed by atoms with Crippen molar-refractivity contribution in [2.75, 3.05) is 0 Å². The Labute approximate surface area is 147 Å². The average Bonchev–Trinajstić information content (AvgIpc) is 2.99. The van der Waals surface area contributed by atoms with Gasteiger partial charge in [0.2, 0.25) is 0 Å². The van der Waals surface area contributed by atoms with Crippen LogP contribution in [0.1, 0.15) is 25.0 Å². The zero-order chi connectivity index (χ0) is 16.5. The molecule has 1 aromatic heterocycles. The summed E-state index contributed by atoms with van der Waals surface area (Å²) in [5.41, 5.74) is 4.14. The van der Waals surface area contributed by atoms with Gasteiger partial charge in [0.15, 0.2) is 0 Å². The molecule has 0 amide bonds. The number of aromatic nitrogens is 1.